The molecule has 1 atom stereocenters. The fourth-order valence-electron chi connectivity index (χ4n) is 1.56. The van der Waals surface area contributed by atoms with Gasteiger partial charge in [-0.3, -0.25) is 4.79 Å². The minimum absolute atomic E-state index is 0.0520. The van der Waals surface area contributed by atoms with Gasteiger partial charge in [-0.1, -0.05) is 19.8 Å². The minimum Gasteiger partial charge on any atom is -0.321 e. The van der Waals surface area contributed by atoms with Crippen LogP contribution in [0.2, 0.25) is 0 Å². The summed E-state index contributed by atoms with van der Waals surface area (Å²) in [5, 5.41) is 4.02. The highest BCUT2D eigenvalue weighted by molar-refractivity contribution is 5.85. The van der Waals surface area contributed by atoms with E-state index in [4.69, 9.17) is 5.73 Å². The van der Waals surface area contributed by atoms with E-state index in [9.17, 15) is 4.79 Å². The van der Waals surface area contributed by atoms with Crippen molar-refractivity contribution < 1.29 is 4.79 Å². The molecular weight excluding hydrogens is 204 g/mol. The summed E-state index contributed by atoms with van der Waals surface area (Å²) in [6.07, 6.45) is 4.58. The van der Waals surface area contributed by atoms with Crippen molar-refractivity contribution in [2.75, 3.05) is 0 Å². The van der Waals surface area contributed by atoms with Crippen molar-refractivity contribution in [3.63, 3.8) is 0 Å². The predicted octanol–water partition coefficient (Wildman–Crippen LogP) is 0.927. The molecule has 5 nitrogen and oxygen atoms in total. The second-order valence-corrected chi connectivity index (χ2v) is 3.88. The molecule has 0 aliphatic carbocycles. The molecule has 16 heavy (non-hydrogen) atoms. The summed E-state index contributed by atoms with van der Waals surface area (Å²) >= 11 is 0. The normalized spacial score (nSPS) is 12.7. The van der Waals surface area contributed by atoms with E-state index in [1.807, 2.05) is 6.92 Å². The molecule has 0 spiro atoms. The molecule has 1 heterocycles. The monoisotopic (exact) mass is 224 g/mol. The van der Waals surface area contributed by atoms with Crippen LogP contribution in [0.15, 0.2) is 6.33 Å². The van der Waals surface area contributed by atoms with Crippen LogP contribution in [0.25, 0.3) is 0 Å². The quantitative estimate of drug-likeness (QED) is 0.747. The summed E-state index contributed by atoms with van der Waals surface area (Å²) in [7, 11) is 0. The number of hydrogen-bond donors (Lipinski definition) is 1. The van der Waals surface area contributed by atoms with Crippen molar-refractivity contribution in [3.05, 3.63) is 12.2 Å². The first-order valence-electron chi connectivity index (χ1n) is 5.84. The smallest absolute Gasteiger partial charge is 0.157 e. The maximum Gasteiger partial charge on any atom is 0.157 e. The lowest BCUT2D eigenvalue weighted by atomic mass is 10.0. The van der Waals surface area contributed by atoms with Crippen LogP contribution in [0.4, 0.5) is 0 Å². The van der Waals surface area contributed by atoms with Crippen LogP contribution < -0.4 is 5.73 Å². The fourth-order valence-corrected chi connectivity index (χ4v) is 1.56. The number of ketones is 1. The first-order valence-corrected chi connectivity index (χ1v) is 5.84. The van der Waals surface area contributed by atoms with E-state index in [1.54, 1.807) is 4.68 Å². The van der Waals surface area contributed by atoms with E-state index in [-0.39, 0.29) is 11.8 Å². The van der Waals surface area contributed by atoms with E-state index in [0.29, 0.717) is 12.2 Å². The summed E-state index contributed by atoms with van der Waals surface area (Å²) in [6, 6.07) is -0.359. The number of hydrogen-bond acceptors (Lipinski definition) is 4. The van der Waals surface area contributed by atoms with Crippen LogP contribution in [-0.2, 0) is 17.8 Å². The number of rotatable bonds is 7. The Morgan fingerprint density at radius 2 is 2.31 bits per heavy atom. The molecule has 90 valence electrons. The second kappa shape index (κ2) is 6.37. The molecule has 2 N–H and O–H groups in total. The zero-order chi connectivity index (χ0) is 12.0. The van der Waals surface area contributed by atoms with Gasteiger partial charge < -0.3 is 5.73 Å². The molecule has 0 aliphatic heterocycles. The Labute approximate surface area is 96.0 Å². The number of unbranched alkanes of at least 4 members (excludes halogenated alkanes) is 1. The van der Waals surface area contributed by atoms with Gasteiger partial charge in [0.15, 0.2) is 5.78 Å². The largest absolute Gasteiger partial charge is 0.321 e. The third-order valence-corrected chi connectivity index (χ3v) is 2.61. The summed E-state index contributed by atoms with van der Waals surface area (Å²) < 4.78 is 1.73. The molecule has 0 aliphatic rings. The molecule has 1 unspecified atom stereocenters. The summed E-state index contributed by atoms with van der Waals surface area (Å²) in [4.78, 5) is 15.8. The lowest BCUT2D eigenvalue weighted by molar-refractivity contribution is -0.120. The topological polar surface area (TPSA) is 73.8 Å². The van der Waals surface area contributed by atoms with Gasteiger partial charge in [0.05, 0.1) is 12.5 Å². The van der Waals surface area contributed by atoms with Gasteiger partial charge in [0, 0.05) is 6.54 Å². The highest BCUT2D eigenvalue weighted by Gasteiger charge is 2.16. The van der Waals surface area contributed by atoms with Crippen molar-refractivity contribution >= 4 is 5.78 Å². The van der Waals surface area contributed by atoms with Crippen molar-refractivity contribution in [2.24, 2.45) is 5.73 Å². The number of Topliss-reactive ketones (excluding diaryl/α,β-unsaturated/α-hetero) is 1. The number of carbonyl (C=O) groups excluding carboxylic acids is 1. The standard InChI is InChI=1S/C11H20N4O/c1-3-5-6-9(12)10(16)7-11-13-8-14-15(11)4-2/h8-9H,3-7,12H2,1-2H3. The van der Waals surface area contributed by atoms with Crippen LogP contribution in [-0.4, -0.2) is 26.6 Å². The summed E-state index contributed by atoms with van der Waals surface area (Å²) in [6.45, 7) is 4.79. The molecule has 0 fully saturated rings. The molecular formula is C11H20N4O. The lowest BCUT2D eigenvalue weighted by Gasteiger charge is -2.09. The van der Waals surface area contributed by atoms with Crippen LogP contribution in [0.1, 0.15) is 38.9 Å². The van der Waals surface area contributed by atoms with E-state index in [2.05, 4.69) is 17.0 Å². The van der Waals surface area contributed by atoms with E-state index >= 15 is 0 Å². The SMILES string of the molecule is CCCCC(N)C(=O)Cc1ncnn1CC. The third kappa shape index (κ3) is 3.41. The van der Waals surface area contributed by atoms with Gasteiger partial charge >= 0.3 is 0 Å². The Morgan fingerprint density at radius 3 is 2.94 bits per heavy atom. The maximum absolute atomic E-state index is 11.8. The predicted molar refractivity (Wildman–Crippen MR) is 61.9 cm³/mol. The fraction of sp³-hybridized carbons (Fsp3) is 0.727. The minimum atomic E-state index is -0.359. The van der Waals surface area contributed by atoms with Crippen molar-refractivity contribution in [1.82, 2.24) is 14.8 Å². The second-order valence-electron chi connectivity index (χ2n) is 3.88. The number of carbonyl (C=O) groups is 1. The van der Waals surface area contributed by atoms with Crippen LogP contribution in [0.5, 0.6) is 0 Å². The Bertz CT molecular complexity index is 334. The van der Waals surface area contributed by atoms with Gasteiger partial charge in [-0.2, -0.15) is 5.10 Å². The zero-order valence-corrected chi connectivity index (χ0v) is 10.0. The molecule has 0 amide bonds. The Hall–Kier alpha value is -1.23. The summed E-state index contributed by atoms with van der Waals surface area (Å²) in [5.41, 5.74) is 5.80. The molecule has 0 aromatic carbocycles. The van der Waals surface area contributed by atoms with Gasteiger partial charge in [0.1, 0.15) is 12.2 Å². The molecule has 0 radical (unpaired) electrons. The molecule has 1 aromatic rings. The Balaban J connectivity index is 2.50. The van der Waals surface area contributed by atoms with E-state index in [1.165, 1.54) is 6.33 Å². The van der Waals surface area contributed by atoms with Crippen molar-refractivity contribution in [3.8, 4) is 0 Å². The number of nitrogens with two attached hydrogens (primary N) is 1. The van der Waals surface area contributed by atoms with E-state index in [0.717, 1.165) is 25.8 Å². The number of aryl methyl sites for hydroxylation is 1. The van der Waals surface area contributed by atoms with Gasteiger partial charge in [-0.05, 0) is 13.3 Å². The summed E-state index contributed by atoms with van der Waals surface area (Å²) in [5.74, 6) is 0.760. The third-order valence-electron chi connectivity index (χ3n) is 2.61. The Kier molecular flexibility index (Phi) is 5.11. The average Bonchev–Trinajstić information content (AvgIpc) is 2.72. The highest BCUT2D eigenvalue weighted by atomic mass is 16.1. The molecule has 1 aromatic heterocycles. The van der Waals surface area contributed by atoms with Gasteiger partial charge in [0.2, 0.25) is 0 Å². The average molecular weight is 224 g/mol. The van der Waals surface area contributed by atoms with Crippen molar-refractivity contribution in [1.29, 1.82) is 0 Å². The van der Waals surface area contributed by atoms with E-state index < -0.39 is 0 Å². The van der Waals surface area contributed by atoms with Crippen LogP contribution in [0.3, 0.4) is 0 Å². The van der Waals surface area contributed by atoms with Crippen LogP contribution in [0, 0.1) is 0 Å². The number of aromatic nitrogens is 3. The first-order chi connectivity index (χ1) is 7.69. The van der Waals surface area contributed by atoms with Crippen molar-refractivity contribution in [2.45, 2.75) is 52.1 Å². The molecule has 0 saturated carbocycles. The maximum atomic E-state index is 11.8. The van der Waals surface area contributed by atoms with Gasteiger partial charge in [-0.25, -0.2) is 9.67 Å². The zero-order valence-electron chi connectivity index (χ0n) is 10.0. The van der Waals surface area contributed by atoms with Gasteiger partial charge in [-0.15, -0.1) is 0 Å². The Morgan fingerprint density at radius 1 is 1.56 bits per heavy atom. The molecule has 0 saturated heterocycles. The number of nitrogens with zero attached hydrogens (tertiary/aromatic N) is 3. The lowest BCUT2D eigenvalue weighted by Crippen LogP contribution is -2.32. The molecule has 0 bridgehead atoms. The highest BCUT2D eigenvalue weighted by Crippen LogP contribution is 2.03. The molecule has 1 rings (SSSR count). The first kappa shape index (κ1) is 12.8. The van der Waals surface area contributed by atoms with Gasteiger partial charge in [0.25, 0.3) is 0 Å². The molecule has 5 heteroatoms. The van der Waals surface area contributed by atoms with Crippen LogP contribution >= 0.6 is 0 Å².